The minimum atomic E-state index is -0.867. The van der Waals surface area contributed by atoms with Crippen LogP contribution in [0.1, 0.15) is 5.56 Å². The second-order valence-electron chi connectivity index (χ2n) is 3.16. The van der Waals surface area contributed by atoms with E-state index in [1.54, 1.807) is 12.1 Å². The SMILES string of the molecule is O=C(O)C1Cc2cc(Cl)c(Cl)cc2N1. The highest BCUT2D eigenvalue weighted by atomic mass is 35.5. The van der Waals surface area contributed by atoms with Crippen LogP contribution in [0.25, 0.3) is 0 Å². The molecule has 0 fully saturated rings. The number of halogens is 2. The van der Waals surface area contributed by atoms with Gasteiger partial charge in [0.25, 0.3) is 0 Å². The monoisotopic (exact) mass is 231 g/mol. The van der Waals surface area contributed by atoms with E-state index in [-0.39, 0.29) is 0 Å². The molecule has 1 aromatic carbocycles. The van der Waals surface area contributed by atoms with E-state index in [9.17, 15) is 4.79 Å². The van der Waals surface area contributed by atoms with Gasteiger partial charge in [-0.25, -0.2) is 4.79 Å². The molecule has 0 aliphatic carbocycles. The van der Waals surface area contributed by atoms with Gasteiger partial charge in [-0.05, 0) is 17.7 Å². The molecule has 5 heteroatoms. The Hall–Kier alpha value is -0.930. The van der Waals surface area contributed by atoms with Gasteiger partial charge in [-0.1, -0.05) is 23.2 Å². The van der Waals surface area contributed by atoms with Gasteiger partial charge in [0.2, 0.25) is 0 Å². The molecule has 1 aromatic rings. The summed E-state index contributed by atoms with van der Waals surface area (Å²) in [6.45, 7) is 0. The van der Waals surface area contributed by atoms with Crippen molar-refractivity contribution in [3.8, 4) is 0 Å². The van der Waals surface area contributed by atoms with Crippen LogP contribution >= 0.6 is 23.2 Å². The standard InChI is InChI=1S/C9H7Cl2NO2/c10-5-1-4-2-8(9(13)14)12-7(4)3-6(5)11/h1,3,8,12H,2H2,(H,13,14). The number of nitrogens with one attached hydrogen (secondary N) is 1. The molecule has 2 rings (SSSR count). The van der Waals surface area contributed by atoms with Crippen LogP contribution in [0.15, 0.2) is 12.1 Å². The zero-order valence-electron chi connectivity index (χ0n) is 7.05. The molecule has 1 heterocycles. The summed E-state index contributed by atoms with van der Waals surface area (Å²) in [5, 5.41) is 12.5. The number of fused-ring (bicyclic) bond motifs is 1. The number of benzene rings is 1. The molecule has 1 aliphatic heterocycles. The van der Waals surface area contributed by atoms with Gasteiger partial charge in [0.1, 0.15) is 6.04 Å². The molecule has 1 atom stereocenters. The smallest absolute Gasteiger partial charge is 0.326 e. The fourth-order valence-electron chi connectivity index (χ4n) is 1.50. The first kappa shape index (κ1) is 9.62. The van der Waals surface area contributed by atoms with Crippen molar-refractivity contribution in [3.63, 3.8) is 0 Å². The third-order valence-corrected chi connectivity index (χ3v) is 2.92. The maximum Gasteiger partial charge on any atom is 0.326 e. The van der Waals surface area contributed by atoms with Crippen molar-refractivity contribution in [1.29, 1.82) is 0 Å². The first-order valence-corrected chi connectivity index (χ1v) is 4.81. The van der Waals surface area contributed by atoms with Crippen LogP contribution in [-0.4, -0.2) is 17.1 Å². The Morgan fingerprint density at radius 2 is 2.07 bits per heavy atom. The van der Waals surface area contributed by atoms with E-state index in [0.717, 1.165) is 11.3 Å². The van der Waals surface area contributed by atoms with Crippen molar-refractivity contribution in [2.24, 2.45) is 0 Å². The summed E-state index contributed by atoms with van der Waals surface area (Å²) in [4.78, 5) is 10.7. The number of rotatable bonds is 1. The van der Waals surface area contributed by atoms with Crippen LogP contribution < -0.4 is 5.32 Å². The molecule has 0 radical (unpaired) electrons. The molecule has 0 aromatic heterocycles. The number of aliphatic carboxylic acids is 1. The van der Waals surface area contributed by atoms with E-state index >= 15 is 0 Å². The van der Waals surface area contributed by atoms with Crippen LogP contribution in [0.2, 0.25) is 10.0 Å². The number of carbonyl (C=O) groups is 1. The summed E-state index contributed by atoms with van der Waals surface area (Å²) in [6.07, 6.45) is 0.446. The van der Waals surface area contributed by atoms with Crippen molar-refractivity contribution in [2.45, 2.75) is 12.5 Å². The number of carboxylic acid groups (broad SMARTS) is 1. The molecule has 3 nitrogen and oxygen atoms in total. The molecule has 0 spiro atoms. The number of hydrogen-bond acceptors (Lipinski definition) is 2. The summed E-state index contributed by atoms with van der Waals surface area (Å²) < 4.78 is 0. The fraction of sp³-hybridized carbons (Fsp3) is 0.222. The maximum atomic E-state index is 10.7. The Kier molecular flexibility index (Phi) is 2.29. The summed E-state index contributed by atoms with van der Waals surface area (Å²) in [6, 6.07) is 2.79. The molecule has 1 aliphatic rings. The van der Waals surface area contributed by atoms with Crippen LogP contribution in [0.4, 0.5) is 5.69 Å². The summed E-state index contributed by atoms with van der Waals surface area (Å²) in [5.74, 6) is -0.867. The first-order valence-electron chi connectivity index (χ1n) is 4.05. The molecule has 2 N–H and O–H groups in total. The Bertz CT molecular complexity index is 375. The third kappa shape index (κ3) is 1.53. The summed E-state index contributed by atoms with van der Waals surface area (Å²) >= 11 is 11.6. The highest BCUT2D eigenvalue weighted by Crippen LogP contribution is 2.33. The van der Waals surface area contributed by atoms with Crippen molar-refractivity contribution >= 4 is 34.9 Å². The third-order valence-electron chi connectivity index (χ3n) is 2.20. The van der Waals surface area contributed by atoms with E-state index in [2.05, 4.69) is 5.32 Å². The van der Waals surface area contributed by atoms with Gasteiger partial charge < -0.3 is 10.4 Å². The highest BCUT2D eigenvalue weighted by Gasteiger charge is 2.26. The predicted octanol–water partition coefficient (Wildman–Crippen LogP) is 2.41. The summed E-state index contributed by atoms with van der Waals surface area (Å²) in [5.41, 5.74) is 1.65. The molecule has 14 heavy (non-hydrogen) atoms. The normalized spacial score (nSPS) is 18.9. The Balaban J connectivity index is 2.36. The largest absolute Gasteiger partial charge is 0.480 e. The molecular formula is C9H7Cl2NO2. The fourth-order valence-corrected chi connectivity index (χ4v) is 1.85. The quantitative estimate of drug-likeness (QED) is 0.781. The van der Waals surface area contributed by atoms with Gasteiger partial charge in [0.05, 0.1) is 10.0 Å². The molecule has 1 unspecified atom stereocenters. The lowest BCUT2D eigenvalue weighted by Gasteiger charge is -2.04. The van der Waals surface area contributed by atoms with E-state index in [1.807, 2.05) is 0 Å². The molecule has 0 bridgehead atoms. The first-order chi connectivity index (χ1) is 6.58. The highest BCUT2D eigenvalue weighted by molar-refractivity contribution is 6.42. The second kappa shape index (κ2) is 3.33. The van der Waals surface area contributed by atoms with Crippen molar-refractivity contribution < 1.29 is 9.90 Å². The Labute approximate surface area is 90.6 Å². The van der Waals surface area contributed by atoms with Gasteiger partial charge >= 0.3 is 5.97 Å². The summed E-state index contributed by atoms with van der Waals surface area (Å²) in [7, 11) is 0. The maximum absolute atomic E-state index is 10.7. The van der Waals surface area contributed by atoms with Crippen LogP contribution in [0.3, 0.4) is 0 Å². The van der Waals surface area contributed by atoms with Crippen LogP contribution in [0, 0.1) is 0 Å². The van der Waals surface area contributed by atoms with Crippen molar-refractivity contribution in [2.75, 3.05) is 5.32 Å². The van der Waals surface area contributed by atoms with E-state index in [4.69, 9.17) is 28.3 Å². The minimum absolute atomic E-state index is 0.434. The molecule has 74 valence electrons. The van der Waals surface area contributed by atoms with E-state index in [0.29, 0.717) is 16.5 Å². The lowest BCUT2D eigenvalue weighted by molar-refractivity contribution is -0.137. The Morgan fingerprint density at radius 1 is 1.43 bits per heavy atom. The van der Waals surface area contributed by atoms with Gasteiger partial charge in [-0.15, -0.1) is 0 Å². The molecule has 0 amide bonds. The van der Waals surface area contributed by atoms with Crippen LogP contribution in [-0.2, 0) is 11.2 Å². The average molecular weight is 232 g/mol. The Morgan fingerprint density at radius 3 is 2.71 bits per heavy atom. The zero-order valence-corrected chi connectivity index (χ0v) is 8.56. The predicted molar refractivity (Wildman–Crippen MR) is 55.2 cm³/mol. The van der Waals surface area contributed by atoms with Gasteiger partial charge in [-0.3, -0.25) is 0 Å². The molecule has 0 saturated heterocycles. The average Bonchev–Trinajstić information content (AvgIpc) is 2.48. The minimum Gasteiger partial charge on any atom is -0.480 e. The van der Waals surface area contributed by atoms with Gasteiger partial charge in [0.15, 0.2) is 0 Å². The lowest BCUT2D eigenvalue weighted by Crippen LogP contribution is -2.26. The molecular weight excluding hydrogens is 225 g/mol. The van der Waals surface area contributed by atoms with E-state index < -0.39 is 12.0 Å². The number of hydrogen-bond donors (Lipinski definition) is 2. The van der Waals surface area contributed by atoms with Crippen molar-refractivity contribution in [1.82, 2.24) is 0 Å². The van der Waals surface area contributed by atoms with Crippen molar-refractivity contribution in [3.05, 3.63) is 27.7 Å². The number of anilines is 1. The zero-order chi connectivity index (χ0) is 10.3. The molecule has 0 saturated carbocycles. The van der Waals surface area contributed by atoms with Gasteiger partial charge in [0, 0.05) is 12.1 Å². The number of carboxylic acids is 1. The van der Waals surface area contributed by atoms with Gasteiger partial charge in [-0.2, -0.15) is 0 Å². The second-order valence-corrected chi connectivity index (χ2v) is 3.98. The van der Waals surface area contributed by atoms with E-state index in [1.165, 1.54) is 0 Å². The lowest BCUT2D eigenvalue weighted by atomic mass is 10.1. The van der Waals surface area contributed by atoms with Crippen LogP contribution in [0.5, 0.6) is 0 Å². The topological polar surface area (TPSA) is 49.3 Å².